The largest absolute Gasteiger partial charge is 0.383 e. The molecule has 9 nitrogen and oxygen atoms in total. The molecule has 5 aromatic rings. The van der Waals surface area contributed by atoms with Gasteiger partial charge in [-0.2, -0.15) is 0 Å². The third kappa shape index (κ3) is 5.40. The normalized spacial score (nSPS) is 11.8. The Morgan fingerprint density at radius 1 is 1.00 bits per heavy atom. The summed E-state index contributed by atoms with van der Waals surface area (Å²) in [5, 5.41) is 2.82. The Balaban J connectivity index is 1.66. The van der Waals surface area contributed by atoms with E-state index in [0.29, 0.717) is 40.5 Å². The predicted octanol–water partition coefficient (Wildman–Crippen LogP) is 5.45. The van der Waals surface area contributed by atoms with Crippen molar-refractivity contribution in [3.05, 3.63) is 84.6 Å². The zero-order valence-corrected chi connectivity index (χ0v) is 22.5. The Labute approximate surface area is 232 Å². The van der Waals surface area contributed by atoms with Crippen molar-refractivity contribution in [1.82, 2.24) is 19.5 Å². The molecule has 0 spiro atoms. The monoisotopic (exact) mass is 533 g/mol. The molecule has 9 heteroatoms. The van der Waals surface area contributed by atoms with E-state index in [9.17, 15) is 9.59 Å². The summed E-state index contributed by atoms with van der Waals surface area (Å²) in [5.41, 5.74) is 17.9. The number of anilines is 2. The lowest BCUT2D eigenvalue weighted by Gasteiger charge is -2.15. The number of nitrogens with two attached hydrogens (primary N) is 2. The molecule has 3 aromatic heterocycles. The van der Waals surface area contributed by atoms with E-state index in [4.69, 9.17) is 21.4 Å². The predicted molar refractivity (Wildman–Crippen MR) is 158 cm³/mol. The van der Waals surface area contributed by atoms with Gasteiger partial charge in [-0.3, -0.25) is 14.2 Å². The van der Waals surface area contributed by atoms with Crippen LogP contribution in [0.5, 0.6) is 0 Å². The van der Waals surface area contributed by atoms with E-state index >= 15 is 0 Å². The third-order valence-corrected chi connectivity index (χ3v) is 6.81. The Morgan fingerprint density at radius 2 is 1.80 bits per heavy atom. The molecule has 40 heavy (non-hydrogen) atoms. The van der Waals surface area contributed by atoms with Gasteiger partial charge in [-0.05, 0) is 60.5 Å². The lowest BCUT2D eigenvalue weighted by Crippen LogP contribution is -2.21. The number of primary amides is 1. The van der Waals surface area contributed by atoms with E-state index in [2.05, 4.69) is 17.2 Å². The Bertz CT molecular complexity index is 1690. The Hall–Kier alpha value is -5.05. The van der Waals surface area contributed by atoms with Crippen LogP contribution in [0.1, 0.15) is 44.6 Å². The fourth-order valence-electron chi connectivity index (χ4n) is 4.85. The second-order valence-electron chi connectivity index (χ2n) is 9.70. The SMILES string of the molecule is CCCCC(C(N)=O)c1ccc(-n2c(-c3cccnc3N)nc3ccc(-c4cccc(NC(C)=O)c4)nc32)cc1. The van der Waals surface area contributed by atoms with Gasteiger partial charge in [0.05, 0.1) is 17.2 Å². The van der Waals surface area contributed by atoms with Gasteiger partial charge in [0.15, 0.2) is 11.5 Å². The van der Waals surface area contributed by atoms with Crippen molar-refractivity contribution in [2.75, 3.05) is 11.1 Å². The van der Waals surface area contributed by atoms with Gasteiger partial charge < -0.3 is 16.8 Å². The Morgan fingerprint density at radius 3 is 2.50 bits per heavy atom. The van der Waals surface area contributed by atoms with Crippen molar-refractivity contribution in [2.45, 2.75) is 39.0 Å². The maximum atomic E-state index is 12.2. The van der Waals surface area contributed by atoms with Gasteiger partial charge in [0, 0.05) is 30.1 Å². The quantitative estimate of drug-likeness (QED) is 0.230. The van der Waals surface area contributed by atoms with Crippen molar-refractivity contribution in [3.8, 4) is 28.3 Å². The van der Waals surface area contributed by atoms with Gasteiger partial charge in [-0.15, -0.1) is 0 Å². The number of fused-ring (bicyclic) bond motifs is 1. The first-order valence-electron chi connectivity index (χ1n) is 13.2. The fraction of sp³-hybridized carbons (Fsp3) is 0.194. The molecule has 0 bridgehead atoms. The zero-order valence-electron chi connectivity index (χ0n) is 22.5. The van der Waals surface area contributed by atoms with E-state index in [-0.39, 0.29) is 17.7 Å². The average molecular weight is 534 g/mol. The summed E-state index contributed by atoms with van der Waals surface area (Å²) in [6.45, 7) is 3.57. The van der Waals surface area contributed by atoms with Gasteiger partial charge in [-0.1, -0.05) is 44.0 Å². The number of unbranched alkanes of at least 4 members (excludes halogenated alkanes) is 1. The van der Waals surface area contributed by atoms with E-state index in [1.165, 1.54) is 6.92 Å². The van der Waals surface area contributed by atoms with E-state index < -0.39 is 0 Å². The molecular weight excluding hydrogens is 502 g/mol. The molecule has 1 atom stereocenters. The van der Waals surface area contributed by atoms with Crippen molar-refractivity contribution in [2.24, 2.45) is 5.73 Å². The molecule has 0 saturated carbocycles. The second-order valence-corrected chi connectivity index (χ2v) is 9.70. The van der Waals surface area contributed by atoms with Crippen LogP contribution in [-0.2, 0) is 9.59 Å². The van der Waals surface area contributed by atoms with Crippen LogP contribution in [0.2, 0.25) is 0 Å². The molecule has 202 valence electrons. The number of rotatable bonds is 9. The third-order valence-electron chi connectivity index (χ3n) is 6.81. The van der Waals surface area contributed by atoms with Gasteiger partial charge in [0.1, 0.15) is 11.3 Å². The summed E-state index contributed by atoms with van der Waals surface area (Å²) in [5.74, 6) is 0.136. The molecule has 0 aliphatic rings. The molecule has 2 aromatic carbocycles. The maximum absolute atomic E-state index is 12.2. The molecule has 0 saturated heterocycles. The summed E-state index contributed by atoms with van der Waals surface area (Å²) in [7, 11) is 0. The summed E-state index contributed by atoms with van der Waals surface area (Å²) in [4.78, 5) is 37.9. The highest BCUT2D eigenvalue weighted by Gasteiger charge is 2.21. The van der Waals surface area contributed by atoms with Crippen LogP contribution in [0.25, 0.3) is 39.5 Å². The van der Waals surface area contributed by atoms with Crippen molar-refractivity contribution < 1.29 is 9.59 Å². The first kappa shape index (κ1) is 26.6. The van der Waals surface area contributed by atoms with Gasteiger partial charge in [0.2, 0.25) is 11.8 Å². The second kappa shape index (κ2) is 11.4. The van der Waals surface area contributed by atoms with Gasteiger partial charge >= 0.3 is 0 Å². The average Bonchev–Trinajstić information content (AvgIpc) is 3.32. The first-order chi connectivity index (χ1) is 19.4. The fourth-order valence-corrected chi connectivity index (χ4v) is 4.85. The first-order valence-corrected chi connectivity index (χ1v) is 13.2. The highest BCUT2D eigenvalue weighted by Crippen LogP contribution is 2.33. The highest BCUT2D eigenvalue weighted by molar-refractivity contribution is 5.90. The molecule has 3 heterocycles. The number of nitrogens with zero attached hydrogens (tertiary/aromatic N) is 4. The van der Waals surface area contributed by atoms with Crippen LogP contribution in [-0.4, -0.2) is 31.3 Å². The van der Waals surface area contributed by atoms with Crippen molar-refractivity contribution in [1.29, 1.82) is 0 Å². The molecule has 0 radical (unpaired) electrons. The summed E-state index contributed by atoms with van der Waals surface area (Å²) in [6.07, 6.45) is 4.25. The number of imidazole rings is 1. The minimum absolute atomic E-state index is 0.144. The summed E-state index contributed by atoms with van der Waals surface area (Å²) >= 11 is 0. The molecule has 2 amide bonds. The van der Waals surface area contributed by atoms with Crippen LogP contribution in [0, 0.1) is 0 Å². The number of hydrogen-bond donors (Lipinski definition) is 3. The minimum atomic E-state index is -0.345. The zero-order chi connectivity index (χ0) is 28.2. The van der Waals surface area contributed by atoms with Crippen LogP contribution < -0.4 is 16.8 Å². The highest BCUT2D eigenvalue weighted by atomic mass is 16.1. The van der Waals surface area contributed by atoms with Crippen LogP contribution in [0.3, 0.4) is 0 Å². The smallest absolute Gasteiger partial charge is 0.224 e. The molecule has 0 aliphatic carbocycles. The number of amides is 2. The molecule has 5 N–H and O–H groups in total. The summed E-state index contributed by atoms with van der Waals surface area (Å²) < 4.78 is 1.94. The van der Waals surface area contributed by atoms with Crippen LogP contribution >= 0.6 is 0 Å². The van der Waals surface area contributed by atoms with E-state index in [0.717, 1.165) is 35.3 Å². The number of hydrogen-bond acceptors (Lipinski definition) is 6. The molecule has 5 rings (SSSR count). The van der Waals surface area contributed by atoms with E-state index in [1.54, 1.807) is 6.20 Å². The number of carbonyl (C=O) groups is 2. The lowest BCUT2D eigenvalue weighted by atomic mass is 9.93. The van der Waals surface area contributed by atoms with Gasteiger partial charge in [0.25, 0.3) is 0 Å². The van der Waals surface area contributed by atoms with Crippen LogP contribution in [0.15, 0.2) is 79.0 Å². The molecule has 0 aliphatic heterocycles. The van der Waals surface area contributed by atoms with Crippen molar-refractivity contribution in [3.63, 3.8) is 0 Å². The minimum Gasteiger partial charge on any atom is -0.383 e. The lowest BCUT2D eigenvalue weighted by molar-refractivity contribution is -0.119. The Kier molecular flexibility index (Phi) is 7.54. The number of pyridine rings is 2. The van der Waals surface area contributed by atoms with E-state index in [1.807, 2.05) is 77.4 Å². The summed E-state index contributed by atoms with van der Waals surface area (Å²) in [6, 6.07) is 22.8. The number of carbonyl (C=O) groups excluding carboxylic acids is 2. The number of nitrogens with one attached hydrogen (secondary N) is 1. The number of nitrogen functional groups attached to an aromatic ring is 1. The molecular formula is C31H31N7O2. The van der Waals surface area contributed by atoms with Crippen LogP contribution in [0.4, 0.5) is 11.5 Å². The van der Waals surface area contributed by atoms with Gasteiger partial charge in [-0.25, -0.2) is 15.0 Å². The standard InChI is InChI=1S/C31H31N7O2/c1-3-4-9-24(29(33)40)20-11-13-23(14-12-20)38-30(25-10-6-17-34-28(25)32)37-27-16-15-26(36-31(27)38)21-7-5-8-22(18-21)35-19(2)39/h5-8,10-18,24H,3-4,9H2,1-2H3,(H2,32,34)(H2,33,40)(H,35,39). The number of benzene rings is 2. The molecule has 1 unspecified atom stereocenters. The van der Waals surface area contributed by atoms with Crippen molar-refractivity contribution >= 4 is 34.5 Å². The topological polar surface area (TPSA) is 142 Å². The number of aromatic nitrogens is 4. The maximum Gasteiger partial charge on any atom is 0.224 e. The molecule has 0 fully saturated rings.